The fraction of sp³-hybridized carbons (Fsp3) is 0.682. The molecule has 2 saturated heterocycles. The van der Waals surface area contributed by atoms with E-state index in [-0.39, 0.29) is 12.0 Å². The summed E-state index contributed by atoms with van der Waals surface area (Å²) < 4.78 is 5.55. The zero-order valence-electron chi connectivity index (χ0n) is 17.7. The van der Waals surface area contributed by atoms with Gasteiger partial charge in [0.1, 0.15) is 22.6 Å². The second-order valence-electron chi connectivity index (χ2n) is 8.98. The molecule has 5 rings (SSSR count). The summed E-state index contributed by atoms with van der Waals surface area (Å²) in [6, 6.07) is 0. The third kappa shape index (κ3) is 3.92. The Kier molecular flexibility index (Phi) is 5.64. The van der Waals surface area contributed by atoms with Gasteiger partial charge in [0.25, 0.3) is 5.91 Å². The summed E-state index contributed by atoms with van der Waals surface area (Å²) in [7, 11) is 0. The van der Waals surface area contributed by atoms with E-state index in [2.05, 4.69) is 16.8 Å². The summed E-state index contributed by atoms with van der Waals surface area (Å²) in [6.07, 6.45) is 5.90. The van der Waals surface area contributed by atoms with Gasteiger partial charge in [-0.25, -0.2) is 9.97 Å². The number of ether oxygens (including phenoxy) is 1. The normalized spacial score (nSPS) is 25.0. The third-order valence-electron chi connectivity index (χ3n) is 6.77. The molecule has 2 atom stereocenters. The van der Waals surface area contributed by atoms with E-state index < -0.39 is 0 Å². The molecule has 2 aromatic rings. The Bertz CT molecular complexity index is 931. The van der Waals surface area contributed by atoms with Crippen molar-refractivity contribution in [2.45, 2.75) is 51.6 Å². The van der Waals surface area contributed by atoms with Gasteiger partial charge in [0.2, 0.25) is 0 Å². The first kappa shape index (κ1) is 20.2. The van der Waals surface area contributed by atoms with Crippen LogP contribution in [-0.2, 0) is 28.8 Å². The van der Waals surface area contributed by atoms with Crippen LogP contribution in [-0.4, -0.2) is 71.1 Å². The number of aromatic nitrogens is 2. The highest BCUT2D eigenvalue weighted by Crippen LogP contribution is 2.39. The number of piperazine rings is 1. The molecular formula is C22H31N5O2S. The predicted molar refractivity (Wildman–Crippen MR) is 119 cm³/mol. The summed E-state index contributed by atoms with van der Waals surface area (Å²) in [5.41, 5.74) is 7.76. The zero-order valence-corrected chi connectivity index (χ0v) is 18.5. The fourth-order valence-corrected chi connectivity index (χ4v) is 6.36. The molecule has 2 aromatic heterocycles. The largest absolute Gasteiger partial charge is 0.383 e. The van der Waals surface area contributed by atoms with E-state index in [1.165, 1.54) is 16.9 Å². The van der Waals surface area contributed by atoms with Gasteiger partial charge in [-0.15, -0.1) is 11.3 Å². The van der Waals surface area contributed by atoms with Gasteiger partial charge in [0.15, 0.2) is 0 Å². The van der Waals surface area contributed by atoms with Gasteiger partial charge in [-0.3, -0.25) is 9.69 Å². The molecule has 0 saturated carbocycles. The topological polar surface area (TPSA) is 84.6 Å². The first-order valence-electron chi connectivity index (χ1n) is 11.3. The van der Waals surface area contributed by atoms with Gasteiger partial charge in [-0.1, -0.05) is 6.92 Å². The number of amides is 1. The Balaban J connectivity index is 1.19. The molecule has 2 unspecified atom stereocenters. The number of rotatable bonds is 4. The molecule has 2 fully saturated rings. The van der Waals surface area contributed by atoms with Crippen LogP contribution >= 0.6 is 11.3 Å². The van der Waals surface area contributed by atoms with Crippen LogP contribution in [0.1, 0.15) is 42.5 Å². The van der Waals surface area contributed by atoms with E-state index >= 15 is 0 Å². The minimum Gasteiger partial charge on any atom is -0.383 e. The number of nitrogen functional groups attached to an aromatic ring is 1. The maximum Gasteiger partial charge on any atom is 0.251 e. The van der Waals surface area contributed by atoms with Gasteiger partial charge >= 0.3 is 0 Å². The second-order valence-corrected chi connectivity index (χ2v) is 10.1. The summed E-state index contributed by atoms with van der Waals surface area (Å²) >= 11 is 1.81. The minimum atomic E-state index is -0.209. The SMILES string of the molecule is CC1CCc2c(sc3nc(CCN4CCN(C(=O)C5CCCO5)CC4)nc(N)c23)C1. The van der Waals surface area contributed by atoms with Gasteiger partial charge in [-0.2, -0.15) is 0 Å². The monoisotopic (exact) mass is 429 g/mol. The molecule has 162 valence electrons. The molecule has 0 aromatic carbocycles. The summed E-state index contributed by atoms with van der Waals surface area (Å²) in [6.45, 7) is 7.27. The first-order chi connectivity index (χ1) is 14.6. The molecule has 0 bridgehead atoms. The Morgan fingerprint density at radius 3 is 2.83 bits per heavy atom. The molecule has 2 aliphatic heterocycles. The Morgan fingerprint density at radius 2 is 2.07 bits per heavy atom. The van der Waals surface area contributed by atoms with Crippen molar-refractivity contribution in [3.05, 3.63) is 16.3 Å². The first-order valence-corrected chi connectivity index (χ1v) is 12.1. The predicted octanol–water partition coefficient (Wildman–Crippen LogP) is 2.26. The minimum absolute atomic E-state index is 0.171. The van der Waals surface area contributed by atoms with Crippen LogP contribution in [0.25, 0.3) is 10.2 Å². The van der Waals surface area contributed by atoms with Crippen molar-refractivity contribution in [2.24, 2.45) is 5.92 Å². The van der Waals surface area contributed by atoms with Crippen molar-refractivity contribution in [1.82, 2.24) is 19.8 Å². The summed E-state index contributed by atoms with van der Waals surface area (Å²) in [5.74, 6) is 2.40. The molecule has 2 N–H and O–H groups in total. The number of nitrogens with two attached hydrogens (primary N) is 1. The van der Waals surface area contributed by atoms with Gasteiger partial charge < -0.3 is 15.4 Å². The maximum atomic E-state index is 12.5. The van der Waals surface area contributed by atoms with Crippen LogP contribution in [0.5, 0.6) is 0 Å². The lowest BCUT2D eigenvalue weighted by Gasteiger charge is -2.35. The van der Waals surface area contributed by atoms with Gasteiger partial charge in [0.05, 0.1) is 5.39 Å². The molecule has 0 radical (unpaired) electrons. The Morgan fingerprint density at radius 1 is 1.23 bits per heavy atom. The number of hydrogen-bond donors (Lipinski definition) is 1. The number of thiophene rings is 1. The second kappa shape index (κ2) is 8.40. The van der Waals surface area contributed by atoms with Gasteiger partial charge in [0, 0.05) is 50.6 Å². The molecule has 4 heterocycles. The van der Waals surface area contributed by atoms with E-state index in [1.54, 1.807) is 0 Å². The molecule has 1 amide bonds. The number of fused-ring (bicyclic) bond motifs is 3. The molecule has 7 nitrogen and oxygen atoms in total. The van der Waals surface area contributed by atoms with E-state index in [9.17, 15) is 4.79 Å². The highest BCUT2D eigenvalue weighted by atomic mass is 32.1. The Labute approximate surface area is 181 Å². The molecule has 3 aliphatic rings. The Hall–Kier alpha value is -1.77. The smallest absolute Gasteiger partial charge is 0.251 e. The lowest BCUT2D eigenvalue weighted by molar-refractivity contribution is -0.142. The van der Waals surface area contributed by atoms with Crippen LogP contribution in [0.2, 0.25) is 0 Å². The summed E-state index contributed by atoms with van der Waals surface area (Å²) in [4.78, 5) is 28.9. The fourth-order valence-electron chi connectivity index (χ4n) is 4.95. The van der Waals surface area contributed by atoms with Gasteiger partial charge in [-0.05, 0) is 43.6 Å². The van der Waals surface area contributed by atoms with Crippen molar-refractivity contribution < 1.29 is 9.53 Å². The molecule has 30 heavy (non-hydrogen) atoms. The van der Waals surface area contributed by atoms with Crippen LogP contribution in [0.4, 0.5) is 5.82 Å². The highest BCUT2D eigenvalue weighted by Gasteiger charge is 2.30. The average molecular weight is 430 g/mol. The number of anilines is 1. The van der Waals surface area contributed by atoms with Crippen LogP contribution < -0.4 is 5.73 Å². The third-order valence-corrected chi connectivity index (χ3v) is 7.92. The van der Waals surface area contributed by atoms with Crippen LogP contribution in [0.15, 0.2) is 0 Å². The van der Waals surface area contributed by atoms with E-state index in [4.69, 9.17) is 15.5 Å². The molecule has 8 heteroatoms. The van der Waals surface area contributed by atoms with E-state index in [0.717, 1.165) is 93.4 Å². The number of aryl methyl sites for hydroxylation is 1. The summed E-state index contributed by atoms with van der Waals surface area (Å²) in [5, 5.41) is 1.10. The number of nitrogens with zero attached hydrogens (tertiary/aromatic N) is 4. The molecule has 1 aliphatic carbocycles. The lowest BCUT2D eigenvalue weighted by Crippen LogP contribution is -2.51. The number of carbonyl (C=O) groups is 1. The number of hydrogen-bond acceptors (Lipinski definition) is 7. The average Bonchev–Trinajstić information content (AvgIpc) is 3.39. The highest BCUT2D eigenvalue weighted by molar-refractivity contribution is 7.19. The maximum absolute atomic E-state index is 12.5. The number of carbonyl (C=O) groups excluding carboxylic acids is 1. The quantitative estimate of drug-likeness (QED) is 0.803. The zero-order chi connectivity index (χ0) is 20.7. The van der Waals surface area contributed by atoms with Crippen molar-refractivity contribution in [3.8, 4) is 0 Å². The molecular weight excluding hydrogens is 398 g/mol. The van der Waals surface area contributed by atoms with Crippen molar-refractivity contribution in [2.75, 3.05) is 45.1 Å². The van der Waals surface area contributed by atoms with E-state index in [1.807, 2.05) is 16.2 Å². The molecule has 0 spiro atoms. The van der Waals surface area contributed by atoms with Crippen molar-refractivity contribution in [3.63, 3.8) is 0 Å². The lowest BCUT2D eigenvalue weighted by atomic mass is 9.89. The van der Waals surface area contributed by atoms with Crippen LogP contribution in [0.3, 0.4) is 0 Å². The van der Waals surface area contributed by atoms with Crippen molar-refractivity contribution >= 4 is 33.3 Å². The van der Waals surface area contributed by atoms with Crippen molar-refractivity contribution in [1.29, 1.82) is 0 Å². The van der Waals surface area contributed by atoms with Crippen LogP contribution in [0, 0.1) is 5.92 Å². The standard InChI is InChI=1S/C22H31N5O2S/c1-14-4-5-15-17(13-14)30-21-19(15)20(23)24-18(25-21)6-7-26-8-10-27(11-9-26)22(28)16-3-2-12-29-16/h14,16H,2-13H2,1H3,(H2,23,24,25). The van der Waals surface area contributed by atoms with E-state index in [0.29, 0.717) is 5.82 Å².